The van der Waals surface area contributed by atoms with Crippen LogP contribution in [0.1, 0.15) is 32.4 Å². The third kappa shape index (κ3) is 6.90. The van der Waals surface area contributed by atoms with Gasteiger partial charge in [-0.2, -0.15) is 13.2 Å². The van der Waals surface area contributed by atoms with E-state index in [1.807, 2.05) is 24.3 Å². The number of nitrogens with one attached hydrogen (secondary N) is 2. The molecule has 1 fully saturated rings. The first kappa shape index (κ1) is 28.0. The first-order valence-corrected chi connectivity index (χ1v) is 13.5. The van der Waals surface area contributed by atoms with Crippen LogP contribution in [-0.4, -0.2) is 54.5 Å². The summed E-state index contributed by atoms with van der Waals surface area (Å²) in [5.74, 6) is 6.54. The Morgan fingerprint density at radius 3 is 2.55 bits per heavy atom. The third-order valence-electron chi connectivity index (χ3n) is 6.80. The molecule has 0 atom stereocenters. The maximum absolute atomic E-state index is 13.5. The van der Waals surface area contributed by atoms with Gasteiger partial charge in [-0.3, -0.25) is 5.14 Å². The van der Waals surface area contributed by atoms with Crippen LogP contribution in [0.15, 0.2) is 47.4 Å². The zero-order chi connectivity index (χ0) is 27.3. The fraction of sp³-hybridized carbons (Fsp3) is 0.429. The van der Waals surface area contributed by atoms with Crippen LogP contribution >= 0.6 is 11.9 Å². The van der Waals surface area contributed by atoms with Crippen LogP contribution in [0.5, 0.6) is 5.75 Å². The molecule has 10 heteroatoms. The first-order valence-electron chi connectivity index (χ1n) is 12.7. The number of hydrogen-bond donors (Lipinski definition) is 3. The molecule has 0 unspecified atom stereocenters. The summed E-state index contributed by atoms with van der Waals surface area (Å²) < 4.78 is 47.2. The number of benzene rings is 2. The van der Waals surface area contributed by atoms with Gasteiger partial charge in [0.15, 0.2) is 0 Å². The van der Waals surface area contributed by atoms with Crippen molar-refractivity contribution in [1.82, 2.24) is 9.47 Å². The number of nitrogens with zero attached hydrogens (tertiary/aromatic N) is 2. The van der Waals surface area contributed by atoms with Gasteiger partial charge >= 0.3 is 6.18 Å². The summed E-state index contributed by atoms with van der Waals surface area (Å²) in [6.07, 6.45) is -2.39. The van der Waals surface area contributed by atoms with Crippen LogP contribution in [0.4, 0.5) is 24.5 Å². The number of fused-ring (bicyclic) bond motifs is 1. The Balaban J connectivity index is 1.56. The zero-order valence-corrected chi connectivity index (χ0v) is 22.7. The van der Waals surface area contributed by atoms with Crippen molar-refractivity contribution in [3.63, 3.8) is 0 Å². The van der Waals surface area contributed by atoms with E-state index in [-0.39, 0.29) is 12.6 Å². The summed E-state index contributed by atoms with van der Waals surface area (Å²) in [5, 5.41) is 13.1. The van der Waals surface area contributed by atoms with Crippen molar-refractivity contribution < 1.29 is 17.9 Å². The zero-order valence-electron chi connectivity index (χ0n) is 21.9. The number of anilines is 2. The minimum Gasteiger partial charge on any atom is -0.495 e. The van der Waals surface area contributed by atoms with Gasteiger partial charge in [-0.15, -0.1) is 0 Å². The van der Waals surface area contributed by atoms with Crippen molar-refractivity contribution in [2.75, 3.05) is 37.4 Å². The van der Waals surface area contributed by atoms with E-state index in [4.69, 9.17) is 9.88 Å². The number of halogens is 3. The molecule has 204 valence electrons. The number of aromatic nitrogens is 1. The molecule has 1 aromatic heterocycles. The van der Waals surface area contributed by atoms with Gasteiger partial charge in [0.25, 0.3) is 0 Å². The van der Waals surface area contributed by atoms with Crippen molar-refractivity contribution in [2.24, 2.45) is 5.14 Å². The molecular formula is C28H34F3N5OS. The average Bonchev–Trinajstić information content (AvgIpc) is 3.23. The molecule has 4 rings (SSSR count). The number of rotatable bonds is 8. The topological polar surface area (TPSA) is 67.5 Å². The molecule has 38 heavy (non-hydrogen) atoms. The van der Waals surface area contributed by atoms with Gasteiger partial charge in [0.1, 0.15) is 12.3 Å². The van der Waals surface area contributed by atoms with Crippen molar-refractivity contribution >= 4 is 34.2 Å². The Labute approximate surface area is 226 Å². The molecule has 1 aliphatic heterocycles. The predicted molar refractivity (Wildman–Crippen MR) is 150 cm³/mol. The Bertz CT molecular complexity index is 1300. The molecule has 2 heterocycles. The van der Waals surface area contributed by atoms with Crippen LogP contribution in [0.2, 0.25) is 0 Å². The highest BCUT2D eigenvalue weighted by atomic mass is 32.2. The van der Waals surface area contributed by atoms with Gasteiger partial charge in [0.2, 0.25) is 0 Å². The normalized spacial score (nSPS) is 14.9. The quantitative estimate of drug-likeness (QED) is 0.241. The molecule has 1 aliphatic rings. The lowest BCUT2D eigenvalue weighted by Crippen LogP contribution is -2.42. The molecule has 1 saturated heterocycles. The Morgan fingerprint density at radius 1 is 1.13 bits per heavy atom. The van der Waals surface area contributed by atoms with Gasteiger partial charge in [0, 0.05) is 41.1 Å². The van der Waals surface area contributed by atoms with Crippen molar-refractivity contribution in [2.45, 2.75) is 56.4 Å². The molecular weight excluding hydrogens is 511 g/mol. The molecule has 0 spiro atoms. The van der Waals surface area contributed by atoms with E-state index in [0.29, 0.717) is 23.0 Å². The van der Waals surface area contributed by atoms with E-state index in [9.17, 15) is 13.2 Å². The van der Waals surface area contributed by atoms with Crippen LogP contribution in [0.25, 0.3) is 10.9 Å². The second kappa shape index (κ2) is 12.2. The Hall–Kier alpha value is -3.00. The first-order chi connectivity index (χ1) is 18.2. The summed E-state index contributed by atoms with van der Waals surface area (Å²) >= 11 is 1.12. The SMILES string of the molecule is COc1cc(SN)ccc1NCC#Cc1cc2c(NC3CCN(C(C)C)CC3)cccc2n1CC(F)(F)F. The van der Waals surface area contributed by atoms with E-state index in [1.165, 1.54) is 4.57 Å². The number of ether oxygens (including phenoxy) is 1. The maximum Gasteiger partial charge on any atom is 0.406 e. The van der Waals surface area contributed by atoms with Gasteiger partial charge in [-0.25, -0.2) is 0 Å². The molecule has 0 aliphatic carbocycles. The maximum atomic E-state index is 13.5. The van der Waals surface area contributed by atoms with Crippen LogP contribution in [-0.2, 0) is 6.54 Å². The standard InChI is InChI=1S/C28H34F3N5OS/c1-19(2)35-14-11-20(12-15-35)34-24-7-4-8-26-23(24)16-21(36(26)18-28(29,30)31)6-5-13-33-25-10-9-22(38-32)17-27(25)37-3/h4,7-10,16-17,19-20,33-34H,11-15,18,32H2,1-3H3. The molecule has 6 nitrogen and oxygen atoms in total. The van der Waals surface area contributed by atoms with Crippen LogP contribution < -0.4 is 20.5 Å². The summed E-state index contributed by atoms with van der Waals surface area (Å²) in [6, 6.07) is 13.5. The minimum absolute atomic E-state index is 0.235. The van der Waals surface area contributed by atoms with Gasteiger partial charge in [-0.1, -0.05) is 12.0 Å². The number of methoxy groups -OCH3 is 1. The third-order valence-corrected chi connectivity index (χ3v) is 7.32. The predicted octanol–water partition coefficient (Wildman–Crippen LogP) is 5.93. The van der Waals surface area contributed by atoms with Gasteiger partial charge < -0.3 is 24.8 Å². The highest BCUT2D eigenvalue weighted by molar-refractivity contribution is 7.97. The molecule has 4 N–H and O–H groups in total. The fourth-order valence-electron chi connectivity index (χ4n) is 4.81. The van der Waals surface area contributed by atoms with Crippen molar-refractivity contribution in [3.8, 4) is 17.6 Å². The molecule has 2 aromatic carbocycles. The number of hydrogen-bond acceptors (Lipinski definition) is 6. The monoisotopic (exact) mass is 545 g/mol. The van der Waals surface area contributed by atoms with Gasteiger partial charge in [-0.05, 0) is 81.0 Å². The van der Waals surface area contributed by atoms with Crippen LogP contribution in [0.3, 0.4) is 0 Å². The molecule has 0 saturated carbocycles. The highest BCUT2D eigenvalue weighted by Crippen LogP contribution is 2.32. The summed E-state index contributed by atoms with van der Waals surface area (Å²) in [7, 11) is 1.56. The lowest BCUT2D eigenvalue weighted by Gasteiger charge is -2.35. The summed E-state index contributed by atoms with van der Waals surface area (Å²) in [5.41, 5.74) is 2.41. The number of alkyl halides is 3. The van der Waals surface area contributed by atoms with E-state index in [1.54, 1.807) is 25.3 Å². The van der Waals surface area contributed by atoms with E-state index >= 15 is 0 Å². The Kier molecular flexibility index (Phi) is 9.03. The molecule has 3 aromatic rings. The lowest BCUT2D eigenvalue weighted by atomic mass is 10.0. The van der Waals surface area contributed by atoms with Crippen LogP contribution in [0, 0.1) is 11.8 Å². The smallest absolute Gasteiger partial charge is 0.406 e. The van der Waals surface area contributed by atoms with E-state index in [2.05, 4.69) is 41.2 Å². The lowest BCUT2D eigenvalue weighted by molar-refractivity contribution is -0.140. The second-order valence-electron chi connectivity index (χ2n) is 9.65. The molecule has 0 radical (unpaired) electrons. The van der Waals surface area contributed by atoms with E-state index < -0.39 is 12.7 Å². The van der Waals surface area contributed by atoms with Crippen molar-refractivity contribution in [1.29, 1.82) is 0 Å². The largest absolute Gasteiger partial charge is 0.495 e. The summed E-state index contributed by atoms with van der Waals surface area (Å²) in [6.45, 7) is 5.53. The number of piperidine rings is 1. The van der Waals surface area contributed by atoms with Gasteiger partial charge in [0.05, 0.1) is 30.6 Å². The molecule has 0 bridgehead atoms. The van der Waals surface area contributed by atoms with Crippen molar-refractivity contribution in [3.05, 3.63) is 48.2 Å². The molecule has 0 amide bonds. The fourth-order valence-corrected chi connectivity index (χ4v) is 5.13. The summed E-state index contributed by atoms with van der Waals surface area (Å²) in [4.78, 5) is 3.30. The number of likely N-dealkylation sites (tertiary alicyclic amines) is 1. The number of nitrogens with two attached hydrogens (primary N) is 1. The second-order valence-corrected chi connectivity index (χ2v) is 10.4. The Morgan fingerprint density at radius 2 is 1.89 bits per heavy atom. The average molecular weight is 546 g/mol. The van der Waals surface area contributed by atoms with E-state index in [0.717, 1.165) is 59.5 Å². The minimum atomic E-state index is -4.37. The highest BCUT2D eigenvalue weighted by Gasteiger charge is 2.30.